The van der Waals surface area contributed by atoms with E-state index in [1.165, 1.54) is 24.3 Å². The molecule has 0 aliphatic carbocycles. The average Bonchev–Trinajstić information content (AvgIpc) is 2.83. The van der Waals surface area contributed by atoms with E-state index >= 15 is 0 Å². The van der Waals surface area contributed by atoms with Gasteiger partial charge in [0.15, 0.2) is 0 Å². The summed E-state index contributed by atoms with van der Waals surface area (Å²) in [5.41, 5.74) is 16.3. The van der Waals surface area contributed by atoms with E-state index in [-0.39, 0.29) is 37.9 Å². The summed E-state index contributed by atoms with van der Waals surface area (Å²) in [6, 6.07) is 0.0689. The fraction of sp³-hybridized carbons (Fsp3) is 0.455. The van der Waals surface area contributed by atoms with Crippen molar-refractivity contribution >= 4 is 35.5 Å². The number of primary amides is 2. The summed E-state index contributed by atoms with van der Waals surface area (Å²) in [7, 11) is 0. The van der Waals surface area contributed by atoms with Gasteiger partial charge < -0.3 is 48.5 Å². The quantitative estimate of drug-likeness (QED) is 0.102. The lowest BCUT2D eigenvalue weighted by atomic mass is 10.0. The number of aliphatic hydroxyl groups is 1. The molecule has 1 rings (SSSR count). The molecular formula is C22H32N6O9. The lowest BCUT2D eigenvalue weighted by molar-refractivity contribution is -0.143. The van der Waals surface area contributed by atoms with E-state index in [0.717, 1.165) is 0 Å². The molecule has 0 bridgehead atoms. The zero-order chi connectivity index (χ0) is 28.1. The minimum atomic E-state index is -1.61. The van der Waals surface area contributed by atoms with Gasteiger partial charge in [-0.25, -0.2) is 4.79 Å². The normalized spacial score (nSPS) is 13.9. The van der Waals surface area contributed by atoms with Crippen LogP contribution in [-0.2, 0) is 35.2 Å². The van der Waals surface area contributed by atoms with Crippen molar-refractivity contribution in [2.75, 3.05) is 6.61 Å². The Bertz CT molecular complexity index is 985. The molecule has 1 aromatic carbocycles. The number of phenols is 1. The predicted molar refractivity (Wildman–Crippen MR) is 127 cm³/mol. The minimum absolute atomic E-state index is 0.0383. The van der Waals surface area contributed by atoms with Crippen molar-refractivity contribution in [3.8, 4) is 5.75 Å². The van der Waals surface area contributed by atoms with Crippen LogP contribution in [0.3, 0.4) is 0 Å². The maximum atomic E-state index is 13.0. The number of aliphatic carboxylic acids is 1. The van der Waals surface area contributed by atoms with Crippen LogP contribution in [0, 0.1) is 0 Å². The largest absolute Gasteiger partial charge is 0.508 e. The summed E-state index contributed by atoms with van der Waals surface area (Å²) in [6.07, 6.45) is -1.01. The van der Waals surface area contributed by atoms with Gasteiger partial charge in [-0.1, -0.05) is 12.1 Å². The topological polar surface area (TPSA) is 277 Å². The molecule has 0 fully saturated rings. The number of rotatable bonds is 16. The lowest BCUT2D eigenvalue weighted by Crippen LogP contribution is -2.58. The Balaban J connectivity index is 3.00. The summed E-state index contributed by atoms with van der Waals surface area (Å²) < 4.78 is 0. The second kappa shape index (κ2) is 15.0. The standard InChI is InChI=1S/C22H32N6O9/c23-13(5-7-17(24)31)19(33)27-15(9-11-1-3-12(30)4-2-11)20(34)28-16(10-29)21(35)26-14(22(36)37)6-8-18(25)32/h1-4,13-16,29-30H,5-10,23H2,(H2,24,31)(H2,25,32)(H,26,35)(H,27,33)(H,28,34)(H,36,37). The van der Waals surface area contributed by atoms with Gasteiger partial charge in [0, 0.05) is 19.3 Å². The smallest absolute Gasteiger partial charge is 0.326 e. The first-order valence-corrected chi connectivity index (χ1v) is 11.2. The van der Waals surface area contributed by atoms with E-state index in [2.05, 4.69) is 16.0 Å². The van der Waals surface area contributed by atoms with Crippen molar-refractivity contribution in [2.45, 2.75) is 56.3 Å². The lowest BCUT2D eigenvalue weighted by Gasteiger charge is -2.24. The van der Waals surface area contributed by atoms with Gasteiger partial charge in [-0.2, -0.15) is 0 Å². The first kappa shape index (κ1) is 30.8. The minimum Gasteiger partial charge on any atom is -0.508 e. The second-order valence-corrected chi connectivity index (χ2v) is 8.19. The Morgan fingerprint density at radius 2 is 1.24 bits per heavy atom. The van der Waals surface area contributed by atoms with Crippen molar-refractivity contribution in [3.05, 3.63) is 29.8 Å². The molecule has 0 aromatic heterocycles. The number of nitrogens with two attached hydrogens (primary N) is 3. The molecule has 0 spiro atoms. The molecule has 0 saturated heterocycles. The maximum Gasteiger partial charge on any atom is 0.326 e. The second-order valence-electron chi connectivity index (χ2n) is 8.19. The van der Waals surface area contributed by atoms with Gasteiger partial charge in [-0.3, -0.25) is 24.0 Å². The third-order valence-corrected chi connectivity index (χ3v) is 5.16. The Kier molecular flexibility index (Phi) is 12.5. The van der Waals surface area contributed by atoms with Crippen LogP contribution in [-0.4, -0.2) is 81.6 Å². The number of carbonyl (C=O) groups is 6. The van der Waals surface area contributed by atoms with Crippen LogP contribution < -0.4 is 33.2 Å². The van der Waals surface area contributed by atoms with Crippen LogP contribution in [0.15, 0.2) is 24.3 Å². The van der Waals surface area contributed by atoms with E-state index in [9.17, 15) is 44.1 Å². The number of carboxylic acids is 1. The van der Waals surface area contributed by atoms with E-state index < -0.39 is 66.3 Å². The van der Waals surface area contributed by atoms with Gasteiger partial charge in [0.2, 0.25) is 29.5 Å². The van der Waals surface area contributed by atoms with Crippen molar-refractivity contribution in [1.29, 1.82) is 0 Å². The van der Waals surface area contributed by atoms with E-state index in [4.69, 9.17) is 17.2 Å². The number of hydrogen-bond donors (Lipinski definition) is 9. The molecule has 0 aliphatic heterocycles. The third-order valence-electron chi connectivity index (χ3n) is 5.16. The monoisotopic (exact) mass is 524 g/mol. The van der Waals surface area contributed by atoms with Crippen molar-refractivity contribution < 1.29 is 44.1 Å². The number of carboxylic acid groups (broad SMARTS) is 1. The van der Waals surface area contributed by atoms with Gasteiger partial charge in [-0.15, -0.1) is 0 Å². The molecule has 37 heavy (non-hydrogen) atoms. The molecule has 4 atom stereocenters. The molecule has 0 aliphatic rings. The number of aromatic hydroxyl groups is 1. The Morgan fingerprint density at radius 3 is 1.76 bits per heavy atom. The van der Waals surface area contributed by atoms with Gasteiger partial charge in [0.25, 0.3) is 0 Å². The van der Waals surface area contributed by atoms with Gasteiger partial charge in [0.05, 0.1) is 12.6 Å². The maximum absolute atomic E-state index is 13.0. The molecule has 204 valence electrons. The predicted octanol–water partition coefficient (Wildman–Crippen LogP) is -3.68. The van der Waals surface area contributed by atoms with Crippen LogP contribution in [0.5, 0.6) is 5.75 Å². The van der Waals surface area contributed by atoms with Crippen molar-refractivity contribution in [3.63, 3.8) is 0 Å². The first-order chi connectivity index (χ1) is 17.3. The summed E-state index contributed by atoms with van der Waals surface area (Å²) >= 11 is 0. The number of hydrogen-bond acceptors (Lipinski definition) is 9. The molecule has 0 heterocycles. The van der Waals surface area contributed by atoms with Crippen LogP contribution >= 0.6 is 0 Å². The number of benzene rings is 1. The van der Waals surface area contributed by atoms with Crippen LogP contribution in [0.2, 0.25) is 0 Å². The molecular weight excluding hydrogens is 492 g/mol. The zero-order valence-corrected chi connectivity index (χ0v) is 19.9. The van der Waals surface area contributed by atoms with Crippen molar-refractivity contribution in [1.82, 2.24) is 16.0 Å². The average molecular weight is 525 g/mol. The first-order valence-electron chi connectivity index (χ1n) is 11.2. The van der Waals surface area contributed by atoms with E-state index in [1.807, 2.05) is 0 Å². The fourth-order valence-electron chi connectivity index (χ4n) is 3.07. The summed E-state index contributed by atoms with van der Waals surface area (Å²) in [5, 5.41) is 35.1. The third kappa shape index (κ3) is 11.4. The number of nitrogens with one attached hydrogen (secondary N) is 3. The highest BCUT2D eigenvalue weighted by atomic mass is 16.4. The Morgan fingerprint density at radius 1 is 0.757 bits per heavy atom. The summed E-state index contributed by atoms with van der Waals surface area (Å²) in [5.74, 6) is -5.71. The number of carbonyl (C=O) groups excluding carboxylic acids is 5. The number of phenolic OH excluding ortho intramolecular Hbond substituents is 1. The molecule has 1 aromatic rings. The Hall–Kier alpha value is -4.24. The van der Waals surface area contributed by atoms with Crippen LogP contribution in [0.25, 0.3) is 0 Å². The summed E-state index contributed by atoms with van der Waals surface area (Å²) in [4.78, 5) is 71.3. The van der Waals surface area contributed by atoms with E-state index in [0.29, 0.717) is 5.56 Å². The highest BCUT2D eigenvalue weighted by Gasteiger charge is 2.30. The van der Waals surface area contributed by atoms with Crippen LogP contribution in [0.1, 0.15) is 31.2 Å². The molecule has 0 radical (unpaired) electrons. The summed E-state index contributed by atoms with van der Waals surface area (Å²) in [6.45, 7) is -0.919. The van der Waals surface area contributed by atoms with Crippen molar-refractivity contribution in [2.24, 2.45) is 17.2 Å². The molecule has 5 amide bonds. The highest BCUT2D eigenvalue weighted by molar-refractivity contribution is 5.94. The van der Waals surface area contributed by atoms with E-state index in [1.54, 1.807) is 0 Å². The van der Waals surface area contributed by atoms with Gasteiger partial charge in [0.1, 0.15) is 23.9 Å². The zero-order valence-electron chi connectivity index (χ0n) is 19.9. The molecule has 15 heteroatoms. The highest BCUT2D eigenvalue weighted by Crippen LogP contribution is 2.12. The molecule has 15 nitrogen and oxygen atoms in total. The van der Waals surface area contributed by atoms with Gasteiger partial charge >= 0.3 is 5.97 Å². The number of aliphatic hydroxyl groups excluding tert-OH is 1. The molecule has 0 saturated carbocycles. The SMILES string of the molecule is NC(=O)CCC(N)C(=O)NC(Cc1ccc(O)cc1)C(=O)NC(CO)C(=O)NC(CCC(N)=O)C(=O)O. The number of amides is 5. The molecule has 12 N–H and O–H groups in total. The Labute approximate surface area is 211 Å². The van der Waals surface area contributed by atoms with Gasteiger partial charge in [-0.05, 0) is 30.5 Å². The molecule has 4 unspecified atom stereocenters. The van der Waals surface area contributed by atoms with Crippen LogP contribution in [0.4, 0.5) is 0 Å². The fourth-order valence-corrected chi connectivity index (χ4v) is 3.07.